The summed E-state index contributed by atoms with van der Waals surface area (Å²) in [7, 11) is 1.69. The molecular formula is C15H18N4O4. The first kappa shape index (κ1) is 15.3. The van der Waals surface area contributed by atoms with Crippen molar-refractivity contribution in [2.75, 3.05) is 18.5 Å². The molecule has 8 nitrogen and oxygen atoms in total. The molecule has 1 saturated heterocycles. The number of anilines is 2. The van der Waals surface area contributed by atoms with Crippen molar-refractivity contribution in [2.45, 2.75) is 18.9 Å². The van der Waals surface area contributed by atoms with Crippen molar-refractivity contribution in [3.63, 3.8) is 0 Å². The van der Waals surface area contributed by atoms with Crippen molar-refractivity contribution in [3.05, 3.63) is 40.7 Å². The molecule has 1 N–H and O–H groups in total. The van der Waals surface area contributed by atoms with E-state index in [2.05, 4.69) is 10.3 Å². The average Bonchev–Trinajstić information content (AvgIpc) is 3.16. The summed E-state index contributed by atoms with van der Waals surface area (Å²) in [6.45, 7) is 1.30. The third-order valence-corrected chi connectivity index (χ3v) is 3.65. The van der Waals surface area contributed by atoms with Crippen molar-refractivity contribution >= 4 is 17.3 Å². The molecule has 1 aliphatic heterocycles. The van der Waals surface area contributed by atoms with Crippen LogP contribution >= 0.6 is 0 Å². The van der Waals surface area contributed by atoms with Crippen LogP contribution in [0.1, 0.15) is 12.8 Å². The van der Waals surface area contributed by atoms with E-state index < -0.39 is 4.92 Å². The number of imidazole rings is 1. The molecule has 0 spiro atoms. The number of ether oxygens (including phenoxy) is 2. The Kier molecular flexibility index (Phi) is 4.42. The van der Waals surface area contributed by atoms with Crippen LogP contribution in [0.15, 0.2) is 30.6 Å². The second-order valence-corrected chi connectivity index (χ2v) is 5.38. The van der Waals surface area contributed by atoms with Gasteiger partial charge < -0.3 is 24.9 Å². The van der Waals surface area contributed by atoms with E-state index in [4.69, 9.17) is 9.47 Å². The molecule has 122 valence electrons. The van der Waals surface area contributed by atoms with Crippen LogP contribution in [0, 0.1) is 10.1 Å². The van der Waals surface area contributed by atoms with E-state index in [1.54, 1.807) is 17.7 Å². The minimum absolute atomic E-state index is 0.143. The Morgan fingerprint density at radius 3 is 3.17 bits per heavy atom. The number of hydrogen-bond acceptors (Lipinski definition) is 6. The molecule has 0 bridgehead atoms. The molecule has 1 aromatic carbocycles. The molecule has 0 amide bonds. The average molecular weight is 318 g/mol. The molecule has 2 aromatic rings. The number of hydrogen-bond donors (Lipinski definition) is 1. The van der Waals surface area contributed by atoms with Gasteiger partial charge in [0.25, 0.3) is 0 Å². The lowest BCUT2D eigenvalue weighted by Crippen LogP contribution is -2.16. The van der Waals surface area contributed by atoms with Gasteiger partial charge in [-0.1, -0.05) is 6.07 Å². The summed E-state index contributed by atoms with van der Waals surface area (Å²) in [5, 5.41) is 14.0. The summed E-state index contributed by atoms with van der Waals surface area (Å²) >= 11 is 0. The van der Waals surface area contributed by atoms with E-state index in [-0.39, 0.29) is 11.9 Å². The van der Waals surface area contributed by atoms with E-state index in [1.807, 2.05) is 18.2 Å². The van der Waals surface area contributed by atoms with Gasteiger partial charge in [0.2, 0.25) is 12.1 Å². The molecule has 1 aromatic heterocycles. The smallest absolute Gasteiger partial charge is 0.406 e. The van der Waals surface area contributed by atoms with E-state index in [9.17, 15) is 10.1 Å². The quantitative estimate of drug-likeness (QED) is 0.650. The predicted molar refractivity (Wildman–Crippen MR) is 84.1 cm³/mol. The highest BCUT2D eigenvalue weighted by Crippen LogP contribution is 2.27. The Bertz CT molecular complexity index is 695. The summed E-state index contributed by atoms with van der Waals surface area (Å²) in [6.07, 6.45) is 3.63. The summed E-state index contributed by atoms with van der Waals surface area (Å²) in [6, 6.07) is 7.29. The first-order valence-electron chi connectivity index (χ1n) is 7.40. The highest BCUT2D eigenvalue weighted by molar-refractivity contribution is 5.64. The lowest BCUT2D eigenvalue weighted by Gasteiger charge is -2.13. The molecule has 8 heteroatoms. The van der Waals surface area contributed by atoms with Gasteiger partial charge in [-0.25, -0.2) is 0 Å². The standard InChI is InChI=1S/C15H18N4O4/c1-18-10-16-14(19(20)21)15(18)17-11-4-2-5-12(8-11)23-9-13-6-3-7-22-13/h2,4-5,8,10,13,17H,3,6-7,9H2,1H3. The first-order chi connectivity index (χ1) is 11.1. The second kappa shape index (κ2) is 6.66. The van der Waals surface area contributed by atoms with Gasteiger partial charge in [0.1, 0.15) is 12.4 Å². The van der Waals surface area contributed by atoms with Crippen LogP contribution < -0.4 is 10.1 Å². The molecule has 2 heterocycles. The van der Waals surface area contributed by atoms with Gasteiger partial charge >= 0.3 is 5.82 Å². The van der Waals surface area contributed by atoms with Crippen LogP contribution in [-0.4, -0.2) is 33.8 Å². The highest BCUT2D eigenvalue weighted by Gasteiger charge is 2.20. The number of rotatable bonds is 6. The number of nitrogens with one attached hydrogen (secondary N) is 1. The molecule has 1 unspecified atom stereocenters. The molecule has 0 saturated carbocycles. The maximum absolute atomic E-state index is 11.0. The van der Waals surface area contributed by atoms with Crippen molar-refractivity contribution in [1.82, 2.24) is 9.55 Å². The topological polar surface area (TPSA) is 91.5 Å². The van der Waals surface area contributed by atoms with Gasteiger partial charge in [0, 0.05) is 25.4 Å². The molecule has 3 rings (SSSR count). The highest BCUT2D eigenvalue weighted by atomic mass is 16.6. The molecule has 0 radical (unpaired) electrons. The van der Waals surface area contributed by atoms with Crippen LogP contribution in [0.3, 0.4) is 0 Å². The van der Waals surface area contributed by atoms with Gasteiger partial charge in [0.15, 0.2) is 0 Å². The summed E-state index contributed by atoms with van der Waals surface area (Å²) in [4.78, 5) is 14.3. The van der Waals surface area contributed by atoms with E-state index in [0.29, 0.717) is 23.9 Å². The van der Waals surface area contributed by atoms with E-state index in [0.717, 1.165) is 19.4 Å². The lowest BCUT2D eigenvalue weighted by molar-refractivity contribution is -0.388. The number of nitro groups is 1. The number of aromatic nitrogens is 2. The van der Waals surface area contributed by atoms with Gasteiger partial charge in [-0.2, -0.15) is 0 Å². The van der Waals surface area contributed by atoms with Crippen LogP contribution in [0.5, 0.6) is 5.75 Å². The molecule has 0 aliphatic carbocycles. The third-order valence-electron chi connectivity index (χ3n) is 3.65. The lowest BCUT2D eigenvalue weighted by atomic mass is 10.2. The van der Waals surface area contributed by atoms with Crippen molar-refractivity contribution in [1.29, 1.82) is 0 Å². The van der Waals surface area contributed by atoms with Crippen LogP contribution in [-0.2, 0) is 11.8 Å². The summed E-state index contributed by atoms with van der Waals surface area (Å²) in [5.41, 5.74) is 0.696. The largest absolute Gasteiger partial charge is 0.491 e. The van der Waals surface area contributed by atoms with Crippen molar-refractivity contribution < 1.29 is 14.4 Å². The zero-order valence-corrected chi connectivity index (χ0v) is 12.8. The Morgan fingerprint density at radius 2 is 2.43 bits per heavy atom. The van der Waals surface area contributed by atoms with Crippen molar-refractivity contribution in [2.24, 2.45) is 7.05 Å². The third kappa shape index (κ3) is 3.59. The predicted octanol–water partition coefficient (Wildman–Crippen LogP) is 2.63. The summed E-state index contributed by atoms with van der Waals surface area (Å²) < 4.78 is 12.8. The maximum Gasteiger partial charge on any atom is 0.406 e. The fraction of sp³-hybridized carbons (Fsp3) is 0.400. The number of nitrogens with zero attached hydrogens (tertiary/aromatic N) is 3. The normalized spacial score (nSPS) is 17.2. The van der Waals surface area contributed by atoms with Gasteiger partial charge in [0.05, 0.1) is 6.10 Å². The van der Waals surface area contributed by atoms with Gasteiger partial charge in [-0.15, -0.1) is 0 Å². The number of aryl methyl sites for hydroxylation is 1. The molecule has 1 aliphatic rings. The van der Waals surface area contributed by atoms with Crippen LogP contribution in [0.4, 0.5) is 17.3 Å². The Morgan fingerprint density at radius 1 is 1.57 bits per heavy atom. The van der Waals surface area contributed by atoms with Gasteiger partial charge in [-0.05, 0) is 34.9 Å². The minimum atomic E-state index is -0.514. The Hall–Kier alpha value is -2.61. The minimum Gasteiger partial charge on any atom is -0.491 e. The second-order valence-electron chi connectivity index (χ2n) is 5.38. The Labute approximate surface area is 133 Å². The fourth-order valence-electron chi connectivity index (χ4n) is 2.46. The van der Waals surface area contributed by atoms with Crippen LogP contribution in [0.2, 0.25) is 0 Å². The number of benzene rings is 1. The Balaban J connectivity index is 1.70. The zero-order chi connectivity index (χ0) is 16.2. The molecular weight excluding hydrogens is 300 g/mol. The molecule has 23 heavy (non-hydrogen) atoms. The monoisotopic (exact) mass is 318 g/mol. The summed E-state index contributed by atoms with van der Waals surface area (Å²) in [5.74, 6) is 0.805. The fourth-order valence-corrected chi connectivity index (χ4v) is 2.46. The SMILES string of the molecule is Cn1cnc([N+](=O)[O-])c1Nc1cccc(OCC2CCCO2)c1. The van der Waals surface area contributed by atoms with Gasteiger partial charge in [-0.3, -0.25) is 4.57 Å². The van der Waals surface area contributed by atoms with Crippen molar-refractivity contribution in [3.8, 4) is 5.75 Å². The molecule has 1 atom stereocenters. The molecule has 1 fully saturated rings. The maximum atomic E-state index is 11.0. The van der Waals surface area contributed by atoms with E-state index >= 15 is 0 Å². The zero-order valence-electron chi connectivity index (χ0n) is 12.8. The van der Waals surface area contributed by atoms with E-state index in [1.165, 1.54) is 6.33 Å². The first-order valence-corrected chi connectivity index (χ1v) is 7.40. The van der Waals surface area contributed by atoms with Crippen LogP contribution in [0.25, 0.3) is 0 Å².